The van der Waals surface area contributed by atoms with Crippen LogP contribution < -0.4 is 0 Å². The Bertz CT molecular complexity index is 74.8. The average molecular weight is 89.0 g/mol. The topological polar surface area (TPSA) is 37.0 Å². The molecule has 33 valence electrons. The maximum absolute atomic E-state index is 11.0. The van der Waals surface area contributed by atoms with Gasteiger partial charge in [-0.3, -0.25) is 0 Å². The molecule has 2 nitrogen and oxygen atoms in total. The van der Waals surface area contributed by atoms with Crippen LogP contribution in [0.4, 0.5) is 4.39 Å². The third-order valence-electron chi connectivity index (χ3n) is 0.221. The van der Waals surface area contributed by atoms with Gasteiger partial charge in [0.2, 0.25) is 5.83 Å². The normalized spacial score (nSPS) is 7.50. The van der Waals surface area contributed by atoms with E-state index in [2.05, 4.69) is 6.58 Å². The van der Waals surface area contributed by atoms with Crippen molar-refractivity contribution in [1.82, 2.24) is 0 Å². The van der Waals surface area contributed by atoms with Gasteiger partial charge in [0.25, 0.3) is 0 Å². The van der Waals surface area contributed by atoms with Crippen LogP contribution in [0.1, 0.15) is 0 Å². The van der Waals surface area contributed by atoms with Crippen LogP contribution in [-0.2, 0) is 9.90 Å². The molecule has 3 heteroatoms. The van der Waals surface area contributed by atoms with Crippen molar-refractivity contribution in [1.29, 1.82) is 0 Å². The van der Waals surface area contributed by atoms with Gasteiger partial charge in [0.1, 0.15) is 0 Å². The summed E-state index contributed by atoms with van der Waals surface area (Å²) in [6.45, 7) is 2.43. The van der Waals surface area contributed by atoms with Gasteiger partial charge in [-0.15, -0.1) is 0 Å². The van der Waals surface area contributed by atoms with Crippen molar-refractivity contribution in [3.8, 4) is 0 Å². The fourth-order valence-corrected chi connectivity index (χ4v) is 0. The number of halogens is 1. The highest BCUT2D eigenvalue weighted by molar-refractivity contribution is 5.82. The molecule has 0 aliphatic rings. The van der Waals surface area contributed by atoms with Crippen molar-refractivity contribution in [3.63, 3.8) is 0 Å². The first-order valence-electron chi connectivity index (χ1n) is 1.20. The van der Waals surface area contributed by atoms with Crippen LogP contribution in [0.3, 0.4) is 0 Å². The molecule has 0 aromatic rings. The Kier molecular flexibility index (Phi) is 1.32. The number of hydrogen-bond donors (Lipinski definition) is 0. The molecule has 0 N–H and O–H groups in total. The zero-order valence-electron chi connectivity index (χ0n) is 2.90. The number of carbonyl (C=O) groups excluding carboxylic acids is 1. The monoisotopic (exact) mass is 89.0 g/mol. The fourth-order valence-electron chi connectivity index (χ4n) is 0. The molecule has 0 unspecified atom stereocenters. The van der Waals surface area contributed by atoms with Crippen molar-refractivity contribution in [2.75, 3.05) is 0 Å². The Morgan fingerprint density at radius 3 is 1.83 bits per heavy atom. The molecule has 6 heavy (non-hydrogen) atoms. The van der Waals surface area contributed by atoms with Crippen LogP contribution in [0, 0.1) is 0 Å². The number of hydrogen-bond acceptors (Lipinski definition) is 1. The lowest BCUT2D eigenvalue weighted by Gasteiger charge is -1.69. The minimum Gasteiger partial charge on any atom is -0.239 e. The van der Waals surface area contributed by atoms with Crippen LogP contribution in [0.2, 0.25) is 0 Å². The highest BCUT2D eigenvalue weighted by Crippen LogP contribution is 1.86. The van der Waals surface area contributed by atoms with Crippen LogP contribution in [0.25, 0.3) is 0 Å². The summed E-state index contributed by atoms with van der Waals surface area (Å²) in [5.41, 5.74) is 0. The van der Waals surface area contributed by atoms with Crippen molar-refractivity contribution in [3.05, 3.63) is 12.4 Å². The molecule has 0 saturated heterocycles. The first-order valence-corrected chi connectivity index (χ1v) is 1.20. The summed E-state index contributed by atoms with van der Waals surface area (Å²) in [5.74, 6) is -3.29. The van der Waals surface area contributed by atoms with E-state index in [0.717, 1.165) is 0 Å². The van der Waals surface area contributed by atoms with E-state index in [1.165, 1.54) is 0 Å². The van der Waals surface area contributed by atoms with Crippen molar-refractivity contribution in [2.24, 2.45) is 0 Å². The first kappa shape index (κ1) is 5.14. The minimum absolute atomic E-state index is 1.44. The third-order valence-corrected chi connectivity index (χ3v) is 0.221. The Balaban J connectivity index is 3.57. The van der Waals surface area contributed by atoms with E-state index in [-0.39, 0.29) is 0 Å². The molecule has 0 fully saturated rings. The fraction of sp³-hybridized carbons (Fsp3) is 0. The molecule has 0 heterocycles. The molecule has 0 bridgehead atoms. The van der Waals surface area contributed by atoms with E-state index in [9.17, 15) is 4.39 Å². The van der Waals surface area contributed by atoms with E-state index < -0.39 is 11.8 Å². The Morgan fingerprint density at radius 2 is 1.83 bits per heavy atom. The van der Waals surface area contributed by atoms with Gasteiger partial charge < -0.3 is 0 Å². The maximum atomic E-state index is 11.0. The van der Waals surface area contributed by atoms with E-state index in [0.29, 0.717) is 0 Å². The molecule has 0 aliphatic heterocycles. The second-order valence-electron chi connectivity index (χ2n) is 0.692. The summed E-state index contributed by atoms with van der Waals surface area (Å²) in [6, 6.07) is 0. The van der Waals surface area contributed by atoms with Gasteiger partial charge in [-0.25, -0.2) is 9.90 Å². The van der Waals surface area contributed by atoms with Gasteiger partial charge in [-0.2, -0.15) is 4.39 Å². The summed E-state index contributed by atoms with van der Waals surface area (Å²) in [6.07, 6.45) is 0. The van der Waals surface area contributed by atoms with Crippen molar-refractivity contribution < 1.29 is 14.3 Å². The van der Waals surface area contributed by atoms with Crippen molar-refractivity contribution >= 4 is 5.97 Å². The molecule has 0 aliphatic carbocycles. The highest BCUT2D eigenvalue weighted by Gasteiger charge is 2.00. The van der Waals surface area contributed by atoms with Gasteiger partial charge in [0.15, 0.2) is 0 Å². The summed E-state index contributed by atoms with van der Waals surface area (Å²) in [7, 11) is 0. The zero-order valence-corrected chi connectivity index (χ0v) is 2.90. The maximum Gasteiger partial charge on any atom is 0.413 e. The predicted molar refractivity (Wildman–Crippen MR) is 15.9 cm³/mol. The van der Waals surface area contributed by atoms with Gasteiger partial charge in [-0.05, 0) is 0 Å². The smallest absolute Gasteiger partial charge is 0.239 e. The van der Waals surface area contributed by atoms with Crippen LogP contribution in [0.5, 0.6) is 0 Å². The van der Waals surface area contributed by atoms with Crippen LogP contribution >= 0.6 is 0 Å². The predicted octanol–water partition coefficient (Wildman–Crippen LogP) is 0.427. The van der Waals surface area contributed by atoms with Gasteiger partial charge >= 0.3 is 5.97 Å². The largest absolute Gasteiger partial charge is 0.413 e. The molecule has 0 aromatic heterocycles. The molecule has 0 amide bonds. The molecule has 0 rings (SSSR count). The van der Waals surface area contributed by atoms with E-state index in [1.54, 1.807) is 0 Å². The van der Waals surface area contributed by atoms with Crippen molar-refractivity contribution in [2.45, 2.75) is 0 Å². The summed E-state index contributed by atoms with van der Waals surface area (Å²) in [5, 5.41) is 9.11. The standard InChI is InChI=1S/C3H2FO2/c1-2(4)3(5)6/h1H2. The second-order valence-corrected chi connectivity index (χ2v) is 0.692. The lowest BCUT2D eigenvalue weighted by atomic mass is 10.6. The highest BCUT2D eigenvalue weighted by atomic mass is 19.1. The van der Waals surface area contributed by atoms with Gasteiger partial charge in [-0.1, -0.05) is 6.58 Å². The molecular formula is C3H2FO2. The minimum atomic E-state index is -1.85. The molecular weight excluding hydrogens is 87.0 g/mol. The molecule has 0 saturated carbocycles. The van der Waals surface area contributed by atoms with E-state index in [4.69, 9.17) is 9.90 Å². The van der Waals surface area contributed by atoms with E-state index in [1.807, 2.05) is 0 Å². The molecule has 0 aromatic carbocycles. The zero-order chi connectivity index (χ0) is 5.15. The second kappa shape index (κ2) is 1.55. The van der Waals surface area contributed by atoms with E-state index >= 15 is 0 Å². The molecule has 1 radical (unpaired) electrons. The Morgan fingerprint density at radius 1 is 1.67 bits per heavy atom. The van der Waals surface area contributed by atoms with Gasteiger partial charge in [0, 0.05) is 0 Å². The SMILES string of the molecule is C=C(F)C([O])=O. The summed E-state index contributed by atoms with van der Waals surface area (Å²) in [4.78, 5) is 9.11. The van der Waals surface area contributed by atoms with Gasteiger partial charge in [0.05, 0.1) is 0 Å². The number of rotatable bonds is 1. The molecule has 0 spiro atoms. The lowest BCUT2D eigenvalue weighted by Crippen LogP contribution is -1.88. The van der Waals surface area contributed by atoms with Crippen LogP contribution in [-0.4, -0.2) is 5.97 Å². The number of carbonyl (C=O) groups is 1. The van der Waals surface area contributed by atoms with Crippen LogP contribution in [0.15, 0.2) is 12.4 Å². The Hall–Kier alpha value is -0.860. The summed E-state index contributed by atoms with van der Waals surface area (Å²) < 4.78 is 11.0. The third kappa shape index (κ3) is 1.46. The average Bonchev–Trinajstić information content (AvgIpc) is 1.36. The Labute approximate surface area is 33.9 Å². The summed E-state index contributed by atoms with van der Waals surface area (Å²) >= 11 is 0. The first-order chi connectivity index (χ1) is 2.64. The lowest BCUT2D eigenvalue weighted by molar-refractivity contribution is -0.140. The molecule has 0 atom stereocenters. The quantitative estimate of drug-likeness (QED) is 0.429.